The van der Waals surface area contributed by atoms with Crippen molar-refractivity contribution in [3.05, 3.63) is 0 Å². The fourth-order valence-electron chi connectivity index (χ4n) is 1.18. The van der Waals surface area contributed by atoms with E-state index in [2.05, 4.69) is 34.6 Å². The molecule has 0 aromatic carbocycles. The van der Waals surface area contributed by atoms with E-state index in [1.807, 2.05) is 0 Å². The Morgan fingerprint density at radius 1 is 1.20 bits per heavy atom. The molecule has 10 heavy (non-hydrogen) atoms. The third-order valence-corrected chi connectivity index (χ3v) is 1.70. The van der Waals surface area contributed by atoms with Crippen LogP contribution in [0.4, 0.5) is 0 Å². The maximum atomic E-state index is 5.56. The Labute approximate surface area is 64.8 Å². The van der Waals surface area contributed by atoms with Gasteiger partial charge in [-0.05, 0) is 18.8 Å². The van der Waals surface area contributed by atoms with E-state index in [0.717, 1.165) is 13.0 Å². The zero-order chi connectivity index (χ0) is 8.20. The molecule has 0 aliphatic rings. The van der Waals surface area contributed by atoms with Crippen molar-refractivity contribution in [2.75, 3.05) is 6.61 Å². The molecule has 0 aromatic rings. The highest BCUT2D eigenvalue weighted by atomic mass is 16.5. The molecular weight excluding hydrogens is 124 g/mol. The first-order valence-corrected chi connectivity index (χ1v) is 4.14. The molecule has 0 saturated carbocycles. The summed E-state index contributed by atoms with van der Waals surface area (Å²) in [5.41, 5.74) is 0.296. The van der Waals surface area contributed by atoms with Crippen molar-refractivity contribution in [3.8, 4) is 0 Å². The number of hydrogen-bond acceptors (Lipinski definition) is 1. The molecule has 0 aliphatic carbocycles. The van der Waals surface area contributed by atoms with E-state index in [1.165, 1.54) is 0 Å². The molecule has 0 N–H and O–H groups in total. The van der Waals surface area contributed by atoms with Crippen LogP contribution in [0, 0.1) is 5.41 Å². The lowest BCUT2D eigenvalue weighted by Crippen LogP contribution is -2.28. The molecule has 0 aliphatic heterocycles. The van der Waals surface area contributed by atoms with E-state index in [9.17, 15) is 0 Å². The van der Waals surface area contributed by atoms with Gasteiger partial charge in [0.15, 0.2) is 0 Å². The van der Waals surface area contributed by atoms with Crippen LogP contribution < -0.4 is 0 Å². The largest absolute Gasteiger partial charge is 0.378 e. The van der Waals surface area contributed by atoms with Crippen LogP contribution in [0.25, 0.3) is 0 Å². The molecule has 0 aromatic heterocycles. The topological polar surface area (TPSA) is 9.23 Å². The summed E-state index contributed by atoms with van der Waals surface area (Å²) in [6.45, 7) is 11.7. The van der Waals surface area contributed by atoms with Gasteiger partial charge in [0, 0.05) is 6.61 Å². The van der Waals surface area contributed by atoms with Crippen molar-refractivity contribution in [1.29, 1.82) is 0 Å². The quantitative estimate of drug-likeness (QED) is 0.592. The predicted molar refractivity (Wildman–Crippen MR) is 45.2 cm³/mol. The zero-order valence-electron chi connectivity index (χ0n) is 7.90. The summed E-state index contributed by atoms with van der Waals surface area (Å²) in [6.07, 6.45) is 1.52. The van der Waals surface area contributed by atoms with Gasteiger partial charge < -0.3 is 4.74 Å². The van der Waals surface area contributed by atoms with Crippen LogP contribution >= 0.6 is 0 Å². The highest BCUT2D eigenvalue weighted by molar-refractivity contribution is 4.72. The average molecular weight is 144 g/mol. The fraction of sp³-hybridized carbons (Fsp3) is 1.00. The first kappa shape index (κ1) is 9.96. The van der Waals surface area contributed by atoms with Gasteiger partial charge in [-0.2, -0.15) is 0 Å². The maximum absolute atomic E-state index is 5.56. The second kappa shape index (κ2) is 3.97. The number of hydrogen-bond donors (Lipinski definition) is 0. The lowest BCUT2D eigenvalue weighted by Gasteiger charge is -2.29. The molecule has 1 unspecified atom stereocenters. The van der Waals surface area contributed by atoms with Gasteiger partial charge in [-0.1, -0.05) is 27.7 Å². The van der Waals surface area contributed by atoms with Crippen LogP contribution in [0.1, 0.15) is 41.0 Å². The molecule has 0 saturated heterocycles. The molecule has 62 valence electrons. The highest BCUT2D eigenvalue weighted by Gasteiger charge is 2.22. The molecule has 1 nitrogen and oxygen atoms in total. The summed E-state index contributed by atoms with van der Waals surface area (Å²) in [6, 6.07) is 0. The van der Waals surface area contributed by atoms with Gasteiger partial charge in [0.25, 0.3) is 0 Å². The first-order valence-electron chi connectivity index (χ1n) is 4.14. The van der Waals surface area contributed by atoms with Crippen molar-refractivity contribution in [3.63, 3.8) is 0 Å². The van der Waals surface area contributed by atoms with E-state index >= 15 is 0 Å². The van der Waals surface area contributed by atoms with E-state index in [0.29, 0.717) is 11.5 Å². The summed E-state index contributed by atoms with van der Waals surface area (Å²) >= 11 is 0. The van der Waals surface area contributed by atoms with Crippen molar-refractivity contribution in [2.45, 2.75) is 47.1 Å². The molecule has 0 rings (SSSR count). The minimum absolute atomic E-state index is 0.296. The Kier molecular flexibility index (Phi) is 3.95. The molecule has 0 heterocycles. The third-order valence-electron chi connectivity index (χ3n) is 1.70. The van der Waals surface area contributed by atoms with E-state index in [-0.39, 0.29) is 0 Å². The van der Waals surface area contributed by atoms with Gasteiger partial charge in [-0.25, -0.2) is 0 Å². The van der Waals surface area contributed by atoms with Crippen LogP contribution in [0.2, 0.25) is 0 Å². The molecule has 0 radical (unpaired) electrons. The van der Waals surface area contributed by atoms with Gasteiger partial charge in [0.1, 0.15) is 0 Å². The Bertz CT molecular complexity index is 81.2. The van der Waals surface area contributed by atoms with Crippen LogP contribution in [0.15, 0.2) is 0 Å². The van der Waals surface area contributed by atoms with Crippen molar-refractivity contribution >= 4 is 0 Å². The SMILES string of the molecule is CCOC(CC)C(C)(C)C. The van der Waals surface area contributed by atoms with Crippen molar-refractivity contribution in [2.24, 2.45) is 5.41 Å². The highest BCUT2D eigenvalue weighted by Crippen LogP contribution is 2.24. The molecule has 0 fully saturated rings. The summed E-state index contributed by atoms with van der Waals surface area (Å²) in [4.78, 5) is 0. The lowest BCUT2D eigenvalue weighted by atomic mass is 9.87. The Hall–Kier alpha value is -0.0400. The van der Waals surface area contributed by atoms with Crippen LogP contribution in [0.3, 0.4) is 0 Å². The minimum atomic E-state index is 0.296. The second-order valence-electron chi connectivity index (χ2n) is 3.72. The third kappa shape index (κ3) is 3.21. The molecule has 0 bridgehead atoms. The lowest BCUT2D eigenvalue weighted by molar-refractivity contribution is -0.0132. The number of ether oxygens (including phenoxy) is 1. The van der Waals surface area contributed by atoms with Gasteiger partial charge >= 0.3 is 0 Å². The van der Waals surface area contributed by atoms with E-state index < -0.39 is 0 Å². The van der Waals surface area contributed by atoms with Gasteiger partial charge in [-0.15, -0.1) is 0 Å². The summed E-state index contributed by atoms with van der Waals surface area (Å²) in [7, 11) is 0. The monoisotopic (exact) mass is 144 g/mol. The Morgan fingerprint density at radius 3 is 1.80 bits per heavy atom. The van der Waals surface area contributed by atoms with Gasteiger partial charge in [0.2, 0.25) is 0 Å². The maximum Gasteiger partial charge on any atom is 0.0620 e. The second-order valence-corrected chi connectivity index (χ2v) is 3.72. The number of rotatable bonds is 3. The fourth-order valence-corrected chi connectivity index (χ4v) is 1.18. The summed E-state index contributed by atoms with van der Waals surface area (Å²) in [5.74, 6) is 0. The molecule has 1 atom stereocenters. The standard InChI is InChI=1S/C9H20O/c1-6-8(10-7-2)9(3,4)5/h8H,6-7H2,1-5H3. The molecule has 1 heteroatoms. The smallest absolute Gasteiger partial charge is 0.0620 e. The van der Waals surface area contributed by atoms with E-state index in [1.54, 1.807) is 0 Å². The van der Waals surface area contributed by atoms with Crippen molar-refractivity contribution in [1.82, 2.24) is 0 Å². The average Bonchev–Trinajstić information content (AvgIpc) is 1.80. The zero-order valence-corrected chi connectivity index (χ0v) is 7.90. The van der Waals surface area contributed by atoms with E-state index in [4.69, 9.17) is 4.74 Å². The first-order chi connectivity index (χ1) is 4.52. The normalized spacial score (nSPS) is 15.3. The Balaban J connectivity index is 3.81. The Morgan fingerprint density at radius 2 is 1.70 bits per heavy atom. The molecule has 0 amide bonds. The summed E-state index contributed by atoms with van der Waals surface area (Å²) < 4.78 is 5.56. The molecular formula is C9H20O. The van der Waals surface area contributed by atoms with Crippen LogP contribution in [-0.2, 0) is 4.74 Å². The van der Waals surface area contributed by atoms with Gasteiger partial charge in [-0.3, -0.25) is 0 Å². The summed E-state index contributed by atoms with van der Waals surface area (Å²) in [5, 5.41) is 0. The van der Waals surface area contributed by atoms with Gasteiger partial charge in [0.05, 0.1) is 6.10 Å². The van der Waals surface area contributed by atoms with Crippen LogP contribution in [0.5, 0.6) is 0 Å². The van der Waals surface area contributed by atoms with Crippen LogP contribution in [-0.4, -0.2) is 12.7 Å². The van der Waals surface area contributed by atoms with Crippen molar-refractivity contribution < 1.29 is 4.74 Å². The minimum Gasteiger partial charge on any atom is -0.378 e. The predicted octanol–water partition coefficient (Wildman–Crippen LogP) is 2.85. The molecule has 0 spiro atoms.